The minimum Gasteiger partial charge on any atom is -0.353 e. The fourth-order valence-electron chi connectivity index (χ4n) is 3.05. The Bertz CT molecular complexity index is 737. The van der Waals surface area contributed by atoms with Crippen LogP contribution in [0.15, 0.2) is 48.7 Å². The first-order valence-electron chi connectivity index (χ1n) is 9.63. The molecule has 0 aliphatic carbocycles. The summed E-state index contributed by atoms with van der Waals surface area (Å²) in [6.07, 6.45) is 3.24. The number of carbonyl (C=O) groups excluding carboxylic acids is 2. The number of hydrogen-bond donors (Lipinski definition) is 0. The van der Waals surface area contributed by atoms with Gasteiger partial charge in [-0.1, -0.05) is 37.3 Å². The first-order valence-corrected chi connectivity index (χ1v) is 9.63. The van der Waals surface area contributed by atoms with Crippen molar-refractivity contribution in [1.29, 1.82) is 0 Å². The maximum atomic E-state index is 13.1. The minimum absolute atomic E-state index is 0.00149. The van der Waals surface area contributed by atoms with E-state index in [-0.39, 0.29) is 24.4 Å². The van der Waals surface area contributed by atoms with Crippen LogP contribution in [-0.4, -0.2) is 38.8 Å². The molecule has 2 amide bonds. The molecule has 2 aromatic rings. The lowest BCUT2D eigenvalue weighted by molar-refractivity contribution is -0.142. The Morgan fingerprint density at radius 1 is 1.00 bits per heavy atom. The quantitative estimate of drug-likeness (QED) is 0.678. The second-order valence-electron chi connectivity index (χ2n) is 7.21. The zero-order valence-corrected chi connectivity index (χ0v) is 16.9. The van der Waals surface area contributed by atoms with Crippen molar-refractivity contribution in [2.75, 3.05) is 6.54 Å². The van der Waals surface area contributed by atoms with Crippen LogP contribution in [0.3, 0.4) is 0 Å². The minimum atomic E-state index is -0.0294. The molecule has 1 aromatic carbocycles. The molecule has 5 nitrogen and oxygen atoms in total. The highest BCUT2D eigenvalue weighted by atomic mass is 16.2. The topological polar surface area (TPSA) is 45.6 Å². The third-order valence-corrected chi connectivity index (χ3v) is 4.69. The monoisotopic (exact) mass is 369 g/mol. The van der Waals surface area contributed by atoms with Crippen LogP contribution < -0.4 is 0 Å². The van der Waals surface area contributed by atoms with E-state index in [4.69, 9.17) is 0 Å². The van der Waals surface area contributed by atoms with Crippen molar-refractivity contribution in [3.05, 3.63) is 59.9 Å². The molecule has 1 aromatic heterocycles. The number of aryl methyl sites for hydroxylation is 1. The Balaban J connectivity index is 2.18. The second kappa shape index (κ2) is 9.95. The molecule has 0 unspecified atom stereocenters. The van der Waals surface area contributed by atoms with Gasteiger partial charge in [0.25, 0.3) is 0 Å². The summed E-state index contributed by atoms with van der Waals surface area (Å²) in [5.74, 6) is 0.0117. The van der Waals surface area contributed by atoms with Crippen molar-refractivity contribution in [2.24, 2.45) is 7.05 Å². The molecule has 0 aliphatic heterocycles. The normalized spacial score (nSPS) is 10.9. The van der Waals surface area contributed by atoms with Crippen LogP contribution in [0.25, 0.3) is 0 Å². The molecule has 0 aliphatic rings. The summed E-state index contributed by atoms with van der Waals surface area (Å²) in [5, 5.41) is 0. The van der Waals surface area contributed by atoms with E-state index >= 15 is 0 Å². The van der Waals surface area contributed by atoms with Gasteiger partial charge in [0.2, 0.25) is 11.8 Å². The van der Waals surface area contributed by atoms with Crippen molar-refractivity contribution in [3.63, 3.8) is 0 Å². The van der Waals surface area contributed by atoms with Gasteiger partial charge in [-0.05, 0) is 38.0 Å². The number of aromatic nitrogens is 1. The average molecular weight is 370 g/mol. The van der Waals surface area contributed by atoms with E-state index in [1.807, 2.05) is 85.9 Å². The molecule has 0 bridgehead atoms. The first-order chi connectivity index (χ1) is 12.9. The summed E-state index contributed by atoms with van der Waals surface area (Å²) in [7, 11) is 1.98. The SMILES string of the molecule is CCCC(=O)N(CC(=O)N(Cc1ccccc1)Cc1cccn1C)C(C)C. The van der Waals surface area contributed by atoms with Crippen molar-refractivity contribution in [2.45, 2.75) is 52.7 Å². The molecule has 0 N–H and O–H groups in total. The Kier molecular flexibility index (Phi) is 7.65. The van der Waals surface area contributed by atoms with E-state index in [0.29, 0.717) is 19.5 Å². The summed E-state index contributed by atoms with van der Waals surface area (Å²) < 4.78 is 2.02. The van der Waals surface area contributed by atoms with Crippen LogP contribution in [0.4, 0.5) is 0 Å². The summed E-state index contributed by atoms with van der Waals surface area (Å²) in [6.45, 7) is 7.06. The smallest absolute Gasteiger partial charge is 0.242 e. The van der Waals surface area contributed by atoms with Crippen molar-refractivity contribution in [3.8, 4) is 0 Å². The van der Waals surface area contributed by atoms with Crippen molar-refractivity contribution < 1.29 is 9.59 Å². The summed E-state index contributed by atoms with van der Waals surface area (Å²) in [6, 6.07) is 14.0. The van der Waals surface area contributed by atoms with E-state index in [1.54, 1.807) is 4.90 Å². The first kappa shape index (κ1) is 20.7. The standard InChI is InChI=1S/C22H31N3O2/c1-5-10-21(26)25(18(2)3)17-22(27)24(15-19-11-7-6-8-12-19)16-20-13-9-14-23(20)4/h6-9,11-14,18H,5,10,15-17H2,1-4H3. The molecule has 5 heteroatoms. The van der Waals surface area contributed by atoms with Gasteiger partial charge in [0.05, 0.1) is 13.1 Å². The Hall–Kier alpha value is -2.56. The Morgan fingerprint density at radius 2 is 1.70 bits per heavy atom. The van der Waals surface area contributed by atoms with Gasteiger partial charge in [-0.3, -0.25) is 9.59 Å². The Morgan fingerprint density at radius 3 is 2.26 bits per heavy atom. The van der Waals surface area contributed by atoms with Gasteiger partial charge in [0.1, 0.15) is 0 Å². The lowest BCUT2D eigenvalue weighted by Gasteiger charge is -2.30. The lowest BCUT2D eigenvalue weighted by atomic mass is 10.2. The lowest BCUT2D eigenvalue weighted by Crippen LogP contribution is -2.45. The molecule has 1 heterocycles. The third kappa shape index (κ3) is 5.98. The third-order valence-electron chi connectivity index (χ3n) is 4.69. The van der Waals surface area contributed by atoms with E-state index in [2.05, 4.69) is 0 Å². The number of hydrogen-bond acceptors (Lipinski definition) is 2. The molecule has 27 heavy (non-hydrogen) atoms. The fraction of sp³-hybridized carbons (Fsp3) is 0.455. The van der Waals surface area contributed by atoms with Crippen LogP contribution in [0.1, 0.15) is 44.9 Å². The van der Waals surface area contributed by atoms with Gasteiger partial charge in [0, 0.05) is 37.9 Å². The van der Waals surface area contributed by atoms with Crippen molar-refractivity contribution in [1.82, 2.24) is 14.4 Å². The van der Waals surface area contributed by atoms with E-state index in [1.165, 1.54) is 0 Å². The van der Waals surface area contributed by atoms with Crippen LogP contribution in [0, 0.1) is 0 Å². The van der Waals surface area contributed by atoms with Gasteiger partial charge in [-0.2, -0.15) is 0 Å². The fourth-order valence-corrected chi connectivity index (χ4v) is 3.05. The zero-order valence-electron chi connectivity index (χ0n) is 16.9. The van der Waals surface area contributed by atoms with E-state index < -0.39 is 0 Å². The van der Waals surface area contributed by atoms with Gasteiger partial charge in [0.15, 0.2) is 0 Å². The largest absolute Gasteiger partial charge is 0.353 e. The summed E-state index contributed by atoms with van der Waals surface area (Å²) >= 11 is 0. The maximum Gasteiger partial charge on any atom is 0.242 e. The molecule has 0 atom stereocenters. The van der Waals surface area contributed by atoms with E-state index in [0.717, 1.165) is 17.7 Å². The molecule has 0 saturated heterocycles. The number of carbonyl (C=O) groups is 2. The highest BCUT2D eigenvalue weighted by molar-refractivity contribution is 5.85. The predicted molar refractivity (Wildman–Crippen MR) is 108 cm³/mol. The van der Waals surface area contributed by atoms with Crippen LogP contribution in [0.5, 0.6) is 0 Å². The van der Waals surface area contributed by atoms with Gasteiger partial charge in [-0.15, -0.1) is 0 Å². The highest BCUT2D eigenvalue weighted by Crippen LogP contribution is 2.13. The number of amides is 2. The molecular weight excluding hydrogens is 338 g/mol. The van der Waals surface area contributed by atoms with Crippen LogP contribution >= 0.6 is 0 Å². The molecule has 2 rings (SSSR count). The summed E-state index contributed by atoms with van der Waals surface area (Å²) in [5.41, 5.74) is 2.14. The van der Waals surface area contributed by atoms with Crippen molar-refractivity contribution >= 4 is 11.8 Å². The molecule has 0 fully saturated rings. The zero-order chi connectivity index (χ0) is 19.8. The number of rotatable bonds is 9. The van der Waals surface area contributed by atoms with Gasteiger partial charge in [-0.25, -0.2) is 0 Å². The van der Waals surface area contributed by atoms with Gasteiger partial charge >= 0.3 is 0 Å². The maximum absolute atomic E-state index is 13.1. The summed E-state index contributed by atoms with van der Waals surface area (Å²) in [4.78, 5) is 29.1. The van der Waals surface area contributed by atoms with Crippen LogP contribution in [0.2, 0.25) is 0 Å². The number of benzene rings is 1. The van der Waals surface area contributed by atoms with Gasteiger partial charge < -0.3 is 14.4 Å². The number of nitrogens with zero attached hydrogens (tertiary/aromatic N) is 3. The van der Waals surface area contributed by atoms with E-state index in [9.17, 15) is 9.59 Å². The predicted octanol–water partition coefficient (Wildman–Crippen LogP) is 3.59. The second-order valence-corrected chi connectivity index (χ2v) is 7.21. The molecule has 0 saturated carbocycles. The Labute approximate surface area is 162 Å². The van der Waals surface area contributed by atoms with Crippen LogP contribution in [-0.2, 0) is 29.7 Å². The average Bonchev–Trinajstić information content (AvgIpc) is 3.04. The molecule has 146 valence electrons. The molecule has 0 radical (unpaired) electrons. The molecular formula is C22H31N3O2. The molecule has 0 spiro atoms. The highest BCUT2D eigenvalue weighted by Gasteiger charge is 2.23.